The molecule has 0 aromatic heterocycles. The number of ether oxygens (including phenoxy) is 2. The van der Waals surface area contributed by atoms with Crippen molar-refractivity contribution < 1.29 is 29.4 Å². The van der Waals surface area contributed by atoms with E-state index in [1.165, 1.54) is 6.08 Å². The van der Waals surface area contributed by atoms with Crippen molar-refractivity contribution in [3.05, 3.63) is 84.4 Å². The largest absolute Gasteiger partial charge is 0.491 e. The quantitative estimate of drug-likeness (QED) is 0.209. The molecule has 0 bridgehead atoms. The first-order valence-electron chi connectivity index (χ1n) is 10.8. The number of nitrogens with one attached hydrogen (secondary N) is 2. The number of rotatable bonds is 9. The van der Waals surface area contributed by atoms with Crippen molar-refractivity contribution in [2.75, 3.05) is 18.5 Å². The maximum Gasteiger partial charge on any atom is 0.412 e. The summed E-state index contributed by atoms with van der Waals surface area (Å²) in [5, 5.41) is 22.4. The lowest BCUT2D eigenvalue weighted by Crippen LogP contribution is -2.28. The summed E-state index contributed by atoms with van der Waals surface area (Å²) >= 11 is 0. The van der Waals surface area contributed by atoms with E-state index in [1.54, 1.807) is 55.7 Å². The third-order valence-electron chi connectivity index (χ3n) is 5.24. The minimum atomic E-state index is -0.823. The van der Waals surface area contributed by atoms with Gasteiger partial charge < -0.3 is 14.6 Å². The molecule has 0 aliphatic heterocycles. The fraction of sp³-hybridized carbons (Fsp3) is 0.231. The molecule has 34 heavy (non-hydrogen) atoms. The van der Waals surface area contributed by atoms with Crippen molar-refractivity contribution in [1.82, 2.24) is 5.48 Å². The Hall–Kier alpha value is -3.88. The molecule has 0 saturated carbocycles. The summed E-state index contributed by atoms with van der Waals surface area (Å²) in [6.45, 7) is 3.67. The third-order valence-corrected chi connectivity index (χ3v) is 5.24. The Balaban J connectivity index is 1.87. The second kappa shape index (κ2) is 11.3. The second-order valence-electron chi connectivity index (χ2n) is 8.21. The predicted octanol–water partition coefficient (Wildman–Crippen LogP) is 4.59. The number of hydroxylamine groups is 1. The molecule has 0 aliphatic rings. The van der Waals surface area contributed by atoms with Crippen LogP contribution >= 0.6 is 0 Å². The molecule has 0 heterocycles. The summed E-state index contributed by atoms with van der Waals surface area (Å²) < 4.78 is 11.3. The maximum absolute atomic E-state index is 13.0. The number of benzene rings is 3. The van der Waals surface area contributed by atoms with Gasteiger partial charge in [-0.3, -0.25) is 15.3 Å². The van der Waals surface area contributed by atoms with Gasteiger partial charge in [0.15, 0.2) is 0 Å². The van der Waals surface area contributed by atoms with Crippen molar-refractivity contribution in [1.29, 1.82) is 0 Å². The summed E-state index contributed by atoms with van der Waals surface area (Å²) in [7, 11) is 0. The highest BCUT2D eigenvalue weighted by Gasteiger charge is 2.32. The van der Waals surface area contributed by atoms with Crippen LogP contribution in [0, 0.1) is 5.41 Å². The van der Waals surface area contributed by atoms with Gasteiger partial charge in [0.2, 0.25) is 0 Å². The topological polar surface area (TPSA) is 117 Å². The molecule has 3 aromatic carbocycles. The molecule has 0 spiro atoms. The number of carbonyl (C=O) groups excluding carboxylic acids is 2. The van der Waals surface area contributed by atoms with Crippen LogP contribution in [0.3, 0.4) is 0 Å². The zero-order valence-electron chi connectivity index (χ0n) is 19.0. The van der Waals surface area contributed by atoms with E-state index in [-0.39, 0.29) is 13.2 Å². The highest BCUT2D eigenvalue weighted by atomic mass is 16.6. The lowest BCUT2D eigenvalue weighted by atomic mass is 9.82. The van der Waals surface area contributed by atoms with Crippen molar-refractivity contribution in [3.63, 3.8) is 0 Å². The lowest BCUT2D eigenvalue weighted by Gasteiger charge is -2.31. The SMILES string of the molecule is CC(C)(/C=C/C(=O)NO)[C@H](OC(=O)Nc1cccc2ccccc12)c1ccc(OCCO)cc1. The average molecular weight is 465 g/mol. The van der Waals surface area contributed by atoms with Crippen LogP contribution < -0.4 is 15.5 Å². The van der Waals surface area contributed by atoms with Crippen molar-refractivity contribution in [2.45, 2.75) is 20.0 Å². The van der Waals surface area contributed by atoms with E-state index in [2.05, 4.69) is 5.32 Å². The molecule has 0 aliphatic carbocycles. The van der Waals surface area contributed by atoms with E-state index in [4.69, 9.17) is 19.8 Å². The Labute approximate surface area is 197 Å². The Bertz CT molecular complexity index is 1150. The van der Waals surface area contributed by atoms with Gasteiger partial charge in [-0.2, -0.15) is 0 Å². The first kappa shape index (κ1) is 24.8. The van der Waals surface area contributed by atoms with Gasteiger partial charge in [-0.25, -0.2) is 10.3 Å². The molecule has 3 rings (SSSR count). The minimum Gasteiger partial charge on any atom is -0.491 e. The van der Waals surface area contributed by atoms with Gasteiger partial charge in [-0.05, 0) is 29.1 Å². The zero-order chi connectivity index (χ0) is 24.6. The zero-order valence-corrected chi connectivity index (χ0v) is 19.0. The van der Waals surface area contributed by atoms with Crippen LogP contribution in [0.1, 0.15) is 25.5 Å². The number of amides is 2. The van der Waals surface area contributed by atoms with Gasteiger partial charge in [-0.1, -0.05) is 68.5 Å². The van der Waals surface area contributed by atoms with E-state index in [1.807, 2.05) is 36.4 Å². The first-order chi connectivity index (χ1) is 16.3. The van der Waals surface area contributed by atoms with Crippen LogP contribution in [-0.2, 0) is 9.53 Å². The molecular weight excluding hydrogens is 436 g/mol. The van der Waals surface area contributed by atoms with Gasteiger partial charge >= 0.3 is 6.09 Å². The Morgan fingerprint density at radius 3 is 2.44 bits per heavy atom. The van der Waals surface area contributed by atoms with Crippen molar-refractivity contribution in [2.24, 2.45) is 5.41 Å². The molecule has 3 aromatic rings. The highest BCUT2D eigenvalue weighted by molar-refractivity contribution is 6.00. The Morgan fingerprint density at radius 1 is 1.03 bits per heavy atom. The average Bonchev–Trinajstić information content (AvgIpc) is 2.85. The molecule has 0 saturated heterocycles. The number of aliphatic hydroxyl groups excluding tert-OH is 1. The molecule has 1 atom stereocenters. The molecule has 0 fully saturated rings. The fourth-order valence-corrected chi connectivity index (χ4v) is 3.55. The van der Waals surface area contributed by atoms with Crippen molar-refractivity contribution >= 4 is 28.5 Å². The normalized spacial score (nSPS) is 12.4. The molecule has 4 N–H and O–H groups in total. The third kappa shape index (κ3) is 6.34. The minimum absolute atomic E-state index is 0.105. The van der Waals surface area contributed by atoms with Gasteiger partial charge in [0, 0.05) is 16.9 Å². The smallest absolute Gasteiger partial charge is 0.412 e. The van der Waals surface area contributed by atoms with Crippen LogP contribution in [0.15, 0.2) is 78.9 Å². The maximum atomic E-state index is 13.0. The van der Waals surface area contributed by atoms with Gasteiger partial charge in [0.05, 0.1) is 12.3 Å². The van der Waals surface area contributed by atoms with Crippen LogP contribution in [0.4, 0.5) is 10.5 Å². The van der Waals surface area contributed by atoms with Gasteiger partial charge in [-0.15, -0.1) is 0 Å². The van der Waals surface area contributed by atoms with E-state index in [0.29, 0.717) is 17.0 Å². The molecule has 2 amide bonds. The van der Waals surface area contributed by atoms with E-state index >= 15 is 0 Å². The number of aliphatic hydroxyl groups is 1. The molecule has 0 radical (unpaired) electrons. The number of hydrogen-bond acceptors (Lipinski definition) is 6. The van der Waals surface area contributed by atoms with E-state index in [9.17, 15) is 9.59 Å². The Kier molecular flexibility index (Phi) is 8.24. The first-order valence-corrected chi connectivity index (χ1v) is 10.8. The van der Waals surface area contributed by atoms with Crippen LogP contribution in [0.2, 0.25) is 0 Å². The van der Waals surface area contributed by atoms with E-state index < -0.39 is 23.5 Å². The van der Waals surface area contributed by atoms with Crippen LogP contribution in [0.5, 0.6) is 5.75 Å². The highest BCUT2D eigenvalue weighted by Crippen LogP contribution is 2.39. The van der Waals surface area contributed by atoms with Crippen LogP contribution in [0.25, 0.3) is 10.8 Å². The molecular formula is C26H28N2O6. The number of hydrogen-bond donors (Lipinski definition) is 4. The fourth-order valence-electron chi connectivity index (χ4n) is 3.55. The number of fused-ring (bicyclic) bond motifs is 1. The summed E-state index contributed by atoms with van der Waals surface area (Å²) in [5.74, 6) is -0.135. The number of carbonyl (C=O) groups is 2. The van der Waals surface area contributed by atoms with E-state index in [0.717, 1.165) is 10.8 Å². The molecule has 0 unspecified atom stereocenters. The standard InChI is InChI=1S/C26H28N2O6/c1-26(2,15-14-23(30)28-32)24(19-10-12-20(13-11-19)33-17-16-29)34-25(31)27-22-9-5-7-18-6-3-4-8-21(18)22/h3-15,24,29,32H,16-17H2,1-2H3,(H,27,31)(H,28,30)/b15-14+/t24-/m1/s1. The van der Waals surface area contributed by atoms with Gasteiger partial charge in [0.1, 0.15) is 18.5 Å². The summed E-state index contributed by atoms with van der Waals surface area (Å²) in [6.07, 6.45) is 1.30. The molecule has 8 nitrogen and oxygen atoms in total. The summed E-state index contributed by atoms with van der Waals surface area (Å²) in [6, 6.07) is 20.2. The molecule has 178 valence electrons. The Morgan fingerprint density at radius 2 is 1.74 bits per heavy atom. The monoisotopic (exact) mass is 464 g/mol. The second-order valence-corrected chi connectivity index (χ2v) is 8.21. The lowest BCUT2D eigenvalue weighted by molar-refractivity contribution is -0.124. The number of anilines is 1. The summed E-state index contributed by atoms with van der Waals surface area (Å²) in [4.78, 5) is 24.5. The van der Waals surface area contributed by atoms with Gasteiger partial charge in [0.25, 0.3) is 5.91 Å². The van der Waals surface area contributed by atoms with Crippen LogP contribution in [-0.4, -0.2) is 35.5 Å². The molecule has 8 heteroatoms. The predicted molar refractivity (Wildman–Crippen MR) is 129 cm³/mol. The summed E-state index contributed by atoms with van der Waals surface area (Å²) in [5.41, 5.74) is 2.01. The van der Waals surface area contributed by atoms with Crippen molar-refractivity contribution in [3.8, 4) is 5.75 Å².